The number of amides is 1. The summed E-state index contributed by atoms with van der Waals surface area (Å²) in [5.74, 6) is 0.831. The van der Waals surface area contributed by atoms with Crippen LogP contribution in [0.1, 0.15) is 24.1 Å². The molecule has 1 aromatic heterocycles. The third-order valence-electron chi connectivity index (χ3n) is 4.33. The molecule has 0 aliphatic heterocycles. The Balaban J connectivity index is 1.67. The van der Waals surface area contributed by atoms with E-state index < -0.39 is 0 Å². The monoisotopic (exact) mass is 349 g/mol. The Kier molecular flexibility index (Phi) is 5.37. The van der Waals surface area contributed by atoms with Gasteiger partial charge in [-0.05, 0) is 29.7 Å². The van der Waals surface area contributed by atoms with Crippen LogP contribution in [-0.2, 0) is 18.3 Å². The molecule has 5 nitrogen and oxygen atoms in total. The lowest BCUT2D eigenvalue weighted by molar-refractivity contribution is -0.121. The van der Waals surface area contributed by atoms with Crippen molar-refractivity contribution in [2.24, 2.45) is 7.05 Å². The largest absolute Gasteiger partial charge is 0.496 e. The number of ether oxygens (including phenoxy) is 1. The zero-order valence-corrected chi connectivity index (χ0v) is 15.3. The molecule has 0 fully saturated rings. The minimum Gasteiger partial charge on any atom is -0.496 e. The van der Waals surface area contributed by atoms with Gasteiger partial charge in [-0.2, -0.15) is 5.10 Å². The predicted octanol–water partition coefficient (Wildman–Crippen LogP) is 3.52. The van der Waals surface area contributed by atoms with Crippen LogP contribution < -0.4 is 10.1 Å². The summed E-state index contributed by atoms with van der Waals surface area (Å²) in [5.41, 5.74) is 4.10. The fraction of sp³-hybridized carbons (Fsp3) is 0.238. The van der Waals surface area contributed by atoms with Gasteiger partial charge in [0, 0.05) is 18.8 Å². The molecule has 1 N–H and O–H groups in total. The SMILES string of the molecule is COc1ccccc1-c1ccc(C(C)NC(=O)Cc2cnn(C)c2)cc1. The third-order valence-corrected chi connectivity index (χ3v) is 4.33. The molecule has 0 saturated carbocycles. The van der Waals surface area contributed by atoms with Crippen LogP contribution in [0.5, 0.6) is 5.75 Å². The topological polar surface area (TPSA) is 56.1 Å². The quantitative estimate of drug-likeness (QED) is 0.741. The summed E-state index contributed by atoms with van der Waals surface area (Å²) in [4.78, 5) is 12.2. The summed E-state index contributed by atoms with van der Waals surface area (Å²) in [5, 5.41) is 7.12. The number of methoxy groups -OCH3 is 1. The lowest BCUT2D eigenvalue weighted by Crippen LogP contribution is -2.27. The van der Waals surface area contributed by atoms with Crippen LogP contribution in [0.3, 0.4) is 0 Å². The van der Waals surface area contributed by atoms with E-state index in [4.69, 9.17) is 4.74 Å². The molecular weight excluding hydrogens is 326 g/mol. The van der Waals surface area contributed by atoms with Crippen molar-refractivity contribution in [1.82, 2.24) is 15.1 Å². The summed E-state index contributed by atoms with van der Waals surface area (Å²) in [6, 6.07) is 16.0. The van der Waals surface area contributed by atoms with Gasteiger partial charge in [0.15, 0.2) is 0 Å². The van der Waals surface area contributed by atoms with Crippen molar-refractivity contribution in [2.45, 2.75) is 19.4 Å². The van der Waals surface area contributed by atoms with E-state index in [0.717, 1.165) is 28.0 Å². The number of carbonyl (C=O) groups is 1. The summed E-state index contributed by atoms with van der Waals surface area (Å²) in [6.45, 7) is 1.99. The van der Waals surface area contributed by atoms with E-state index in [0.29, 0.717) is 6.42 Å². The van der Waals surface area contributed by atoms with Gasteiger partial charge in [0.2, 0.25) is 5.91 Å². The molecule has 0 aliphatic rings. The number of carbonyl (C=O) groups excluding carboxylic acids is 1. The first-order valence-electron chi connectivity index (χ1n) is 8.57. The zero-order chi connectivity index (χ0) is 18.5. The van der Waals surface area contributed by atoms with Crippen LogP contribution in [0.4, 0.5) is 0 Å². The fourth-order valence-electron chi connectivity index (χ4n) is 2.96. The van der Waals surface area contributed by atoms with Crippen LogP contribution in [0.15, 0.2) is 60.9 Å². The highest BCUT2D eigenvalue weighted by Crippen LogP contribution is 2.30. The molecule has 1 atom stereocenters. The zero-order valence-electron chi connectivity index (χ0n) is 15.3. The van der Waals surface area contributed by atoms with Crippen molar-refractivity contribution in [3.8, 4) is 16.9 Å². The van der Waals surface area contributed by atoms with Gasteiger partial charge >= 0.3 is 0 Å². The molecule has 0 radical (unpaired) electrons. The maximum absolute atomic E-state index is 12.2. The second kappa shape index (κ2) is 7.87. The van der Waals surface area contributed by atoms with Crippen molar-refractivity contribution in [3.63, 3.8) is 0 Å². The Bertz CT molecular complexity index is 884. The van der Waals surface area contributed by atoms with Crippen LogP contribution in [0.2, 0.25) is 0 Å². The van der Waals surface area contributed by atoms with E-state index >= 15 is 0 Å². The molecule has 0 saturated heterocycles. The molecule has 1 heterocycles. The highest BCUT2D eigenvalue weighted by molar-refractivity contribution is 5.79. The lowest BCUT2D eigenvalue weighted by Gasteiger charge is -2.15. The third kappa shape index (κ3) is 4.11. The minimum absolute atomic E-state index is 0.0145. The van der Waals surface area contributed by atoms with Crippen molar-refractivity contribution >= 4 is 5.91 Å². The van der Waals surface area contributed by atoms with Crippen molar-refractivity contribution in [1.29, 1.82) is 0 Å². The Morgan fingerprint density at radius 1 is 1.19 bits per heavy atom. The van der Waals surface area contributed by atoms with Gasteiger partial charge in [-0.15, -0.1) is 0 Å². The minimum atomic E-state index is -0.0640. The number of rotatable bonds is 6. The summed E-state index contributed by atoms with van der Waals surface area (Å²) in [6.07, 6.45) is 3.90. The molecule has 2 aromatic carbocycles. The molecule has 5 heteroatoms. The van der Waals surface area contributed by atoms with Gasteiger partial charge in [0.25, 0.3) is 0 Å². The molecule has 26 heavy (non-hydrogen) atoms. The normalized spacial score (nSPS) is 11.8. The number of hydrogen-bond donors (Lipinski definition) is 1. The number of aromatic nitrogens is 2. The van der Waals surface area contributed by atoms with E-state index in [2.05, 4.69) is 22.5 Å². The Hall–Kier alpha value is -3.08. The van der Waals surface area contributed by atoms with Gasteiger partial charge < -0.3 is 10.1 Å². The molecule has 1 amide bonds. The maximum atomic E-state index is 12.2. The lowest BCUT2D eigenvalue weighted by atomic mass is 10.0. The van der Waals surface area contributed by atoms with Crippen molar-refractivity contribution in [2.75, 3.05) is 7.11 Å². The molecule has 0 spiro atoms. The van der Waals surface area contributed by atoms with Gasteiger partial charge in [-0.25, -0.2) is 0 Å². The first kappa shape index (κ1) is 17.7. The van der Waals surface area contributed by atoms with Crippen LogP contribution in [0, 0.1) is 0 Å². The maximum Gasteiger partial charge on any atom is 0.225 e. The van der Waals surface area contributed by atoms with Crippen molar-refractivity contribution < 1.29 is 9.53 Å². The van der Waals surface area contributed by atoms with Crippen LogP contribution in [-0.4, -0.2) is 22.8 Å². The molecule has 1 unspecified atom stereocenters. The fourth-order valence-corrected chi connectivity index (χ4v) is 2.96. The van der Waals surface area contributed by atoms with E-state index in [1.54, 1.807) is 18.0 Å². The van der Waals surface area contributed by atoms with Crippen LogP contribution >= 0.6 is 0 Å². The van der Waals surface area contributed by atoms with Gasteiger partial charge in [0.05, 0.1) is 25.8 Å². The van der Waals surface area contributed by atoms with Crippen LogP contribution in [0.25, 0.3) is 11.1 Å². The average Bonchev–Trinajstić information content (AvgIpc) is 3.06. The Labute approximate surface area is 153 Å². The molecule has 0 bridgehead atoms. The first-order valence-corrected chi connectivity index (χ1v) is 8.57. The number of nitrogens with zero attached hydrogens (tertiary/aromatic N) is 2. The summed E-state index contributed by atoms with van der Waals surface area (Å²) < 4.78 is 7.12. The molecule has 3 aromatic rings. The van der Waals surface area contributed by atoms with E-state index in [1.165, 1.54) is 0 Å². The Morgan fingerprint density at radius 2 is 1.92 bits per heavy atom. The standard InChI is InChI=1S/C21H23N3O2/c1-15(23-21(25)12-16-13-22-24(2)14-16)17-8-10-18(11-9-17)19-6-4-5-7-20(19)26-3/h4-11,13-15H,12H2,1-3H3,(H,23,25). The molecule has 134 valence electrons. The molecule has 0 aliphatic carbocycles. The second-order valence-electron chi connectivity index (χ2n) is 6.31. The highest BCUT2D eigenvalue weighted by Gasteiger charge is 2.12. The van der Waals surface area contributed by atoms with E-state index in [9.17, 15) is 4.79 Å². The first-order chi connectivity index (χ1) is 12.6. The van der Waals surface area contributed by atoms with Crippen molar-refractivity contribution in [3.05, 3.63) is 72.1 Å². The number of aryl methyl sites for hydroxylation is 1. The predicted molar refractivity (Wildman–Crippen MR) is 102 cm³/mol. The van der Waals surface area contributed by atoms with E-state index in [-0.39, 0.29) is 11.9 Å². The number of para-hydroxylation sites is 1. The summed E-state index contributed by atoms with van der Waals surface area (Å²) in [7, 11) is 3.51. The summed E-state index contributed by atoms with van der Waals surface area (Å²) >= 11 is 0. The van der Waals surface area contributed by atoms with Gasteiger partial charge in [-0.1, -0.05) is 42.5 Å². The number of nitrogens with one attached hydrogen (secondary N) is 1. The number of benzene rings is 2. The van der Waals surface area contributed by atoms with E-state index in [1.807, 2.05) is 56.6 Å². The smallest absolute Gasteiger partial charge is 0.225 e. The average molecular weight is 349 g/mol. The number of hydrogen-bond acceptors (Lipinski definition) is 3. The second-order valence-corrected chi connectivity index (χ2v) is 6.31. The molecular formula is C21H23N3O2. The van der Waals surface area contributed by atoms with Gasteiger partial charge in [-0.3, -0.25) is 9.48 Å². The van der Waals surface area contributed by atoms with Gasteiger partial charge in [0.1, 0.15) is 5.75 Å². The highest BCUT2D eigenvalue weighted by atomic mass is 16.5. The Morgan fingerprint density at radius 3 is 2.58 bits per heavy atom. The molecule has 3 rings (SSSR count).